The maximum atomic E-state index is 12.9. The van der Waals surface area contributed by atoms with Crippen LogP contribution in [0.15, 0.2) is 36.5 Å². The molecular formula is C23H24F3N5O3. The number of hydrogen-bond donors (Lipinski definition) is 0. The lowest BCUT2D eigenvalue weighted by Gasteiger charge is -2.32. The van der Waals surface area contributed by atoms with Gasteiger partial charge < -0.3 is 14.5 Å². The SMILES string of the molecule is COc1cc2nn(CC(=O)N3CCN(C)CC3)cc2cc1CC(=O)c1cccc(C(F)(F)F)n1. The van der Waals surface area contributed by atoms with Crippen LogP contribution >= 0.6 is 0 Å². The first-order valence-electron chi connectivity index (χ1n) is 10.7. The zero-order chi connectivity index (χ0) is 24.5. The van der Waals surface area contributed by atoms with Crippen LogP contribution in [0.3, 0.4) is 0 Å². The lowest BCUT2D eigenvalue weighted by molar-refractivity contribution is -0.141. The van der Waals surface area contributed by atoms with Crippen LogP contribution in [0.2, 0.25) is 0 Å². The number of benzene rings is 1. The third-order valence-electron chi connectivity index (χ3n) is 5.78. The number of piperazine rings is 1. The van der Waals surface area contributed by atoms with E-state index in [2.05, 4.69) is 15.0 Å². The molecule has 0 spiro atoms. The molecule has 1 saturated heterocycles. The molecule has 1 aliphatic rings. The summed E-state index contributed by atoms with van der Waals surface area (Å²) in [6.45, 7) is 3.06. The molecule has 0 atom stereocenters. The molecular weight excluding hydrogens is 451 g/mol. The Hall–Kier alpha value is -3.47. The Labute approximate surface area is 193 Å². The van der Waals surface area contributed by atoms with E-state index in [4.69, 9.17) is 4.74 Å². The zero-order valence-electron chi connectivity index (χ0n) is 18.8. The van der Waals surface area contributed by atoms with Gasteiger partial charge in [0.05, 0.1) is 12.6 Å². The van der Waals surface area contributed by atoms with E-state index in [1.165, 1.54) is 13.2 Å². The average Bonchev–Trinajstić information content (AvgIpc) is 3.19. The van der Waals surface area contributed by atoms with Crippen LogP contribution in [0.5, 0.6) is 5.75 Å². The highest BCUT2D eigenvalue weighted by atomic mass is 19.4. The minimum absolute atomic E-state index is 0.0288. The highest BCUT2D eigenvalue weighted by Crippen LogP contribution is 2.29. The number of carbonyl (C=O) groups excluding carboxylic acids is 2. The van der Waals surface area contributed by atoms with Crippen LogP contribution < -0.4 is 4.74 Å². The van der Waals surface area contributed by atoms with Gasteiger partial charge in [-0.1, -0.05) is 6.07 Å². The van der Waals surface area contributed by atoms with Crippen molar-refractivity contribution >= 4 is 22.6 Å². The van der Waals surface area contributed by atoms with Crippen molar-refractivity contribution in [1.29, 1.82) is 0 Å². The number of pyridine rings is 1. The Morgan fingerprint density at radius 2 is 1.85 bits per heavy atom. The van der Waals surface area contributed by atoms with E-state index in [-0.39, 0.29) is 24.6 Å². The molecule has 1 amide bonds. The van der Waals surface area contributed by atoms with Gasteiger partial charge in [-0.25, -0.2) is 4.98 Å². The molecule has 2 aromatic heterocycles. The van der Waals surface area contributed by atoms with Crippen LogP contribution in [-0.2, 0) is 23.9 Å². The van der Waals surface area contributed by atoms with Crippen LogP contribution in [0.1, 0.15) is 21.7 Å². The maximum absolute atomic E-state index is 12.9. The van der Waals surface area contributed by atoms with Crippen molar-refractivity contribution in [2.45, 2.75) is 19.1 Å². The minimum atomic E-state index is -4.64. The molecule has 3 aromatic rings. The van der Waals surface area contributed by atoms with Crippen molar-refractivity contribution in [2.75, 3.05) is 40.3 Å². The highest BCUT2D eigenvalue weighted by molar-refractivity contribution is 5.97. The standard InChI is InChI=1S/C23H24F3N5O3/c1-29-6-8-30(9-7-29)22(33)14-31-13-16-10-15(20(34-2)12-18(16)28-31)11-19(32)17-4-3-5-21(27-17)23(24,25)26/h3-5,10,12-13H,6-9,11,14H2,1-2H3. The van der Waals surface area contributed by atoms with Crippen molar-refractivity contribution in [1.82, 2.24) is 24.6 Å². The maximum Gasteiger partial charge on any atom is 0.433 e. The second kappa shape index (κ2) is 9.41. The van der Waals surface area contributed by atoms with Gasteiger partial charge in [0.15, 0.2) is 5.78 Å². The van der Waals surface area contributed by atoms with Gasteiger partial charge in [0.2, 0.25) is 5.91 Å². The summed E-state index contributed by atoms with van der Waals surface area (Å²) in [7, 11) is 3.45. The second-order valence-electron chi connectivity index (χ2n) is 8.24. The van der Waals surface area contributed by atoms with E-state index in [0.29, 0.717) is 35.3 Å². The Balaban J connectivity index is 1.53. The summed E-state index contributed by atoms with van der Waals surface area (Å²) in [5.74, 6) is -0.219. The Morgan fingerprint density at radius 3 is 2.53 bits per heavy atom. The largest absolute Gasteiger partial charge is 0.496 e. The Bertz CT molecular complexity index is 1220. The Kier molecular flexibility index (Phi) is 6.56. The van der Waals surface area contributed by atoms with E-state index >= 15 is 0 Å². The van der Waals surface area contributed by atoms with Gasteiger partial charge in [0.1, 0.15) is 23.7 Å². The summed E-state index contributed by atoms with van der Waals surface area (Å²) in [4.78, 5) is 32.8. The van der Waals surface area contributed by atoms with Crippen LogP contribution in [0.4, 0.5) is 13.2 Å². The van der Waals surface area contributed by atoms with Crippen molar-refractivity contribution in [3.63, 3.8) is 0 Å². The normalized spacial score (nSPS) is 15.0. The number of amides is 1. The number of halogens is 3. The van der Waals surface area contributed by atoms with E-state index < -0.39 is 17.7 Å². The summed E-state index contributed by atoms with van der Waals surface area (Å²) in [5.41, 5.74) is -0.321. The molecule has 0 bridgehead atoms. The van der Waals surface area contributed by atoms with E-state index in [9.17, 15) is 22.8 Å². The predicted octanol–water partition coefficient (Wildman–Crippen LogP) is 2.66. The lowest BCUT2D eigenvalue weighted by atomic mass is 10.0. The van der Waals surface area contributed by atoms with Gasteiger partial charge in [0, 0.05) is 55.8 Å². The quantitative estimate of drug-likeness (QED) is 0.510. The third kappa shape index (κ3) is 5.19. The summed E-state index contributed by atoms with van der Waals surface area (Å²) in [6.07, 6.45) is -3.12. The molecule has 11 heteroatoms. The molecule has 1 aromatic carbocycles. The van der Waals surface area contributed by atoms with Crippen LogP contribution in [0, 0.1) is 0 Å². The number of hydrogen-bond acceptors (Lipinski definition) is 6. The van der Waals surface area contributed by atoms with Gasteiger partial charge in [-0.05, 0) is 25.2 Å². The molecule has 3 heterocycles. The smallest absolute Gasteiger partial charge is 0.433 e. The number of ether oxygens (including phenoxy) is 1. The summed E-state index contributed by atoms with van der Waals surface area (Å²) in [6, 6.07) is 6.58. The number of rotatable bonds is 6. The molecule has 180 valence electrons. The molecule has 34 heavy (non-hydrogen) atoms. The minimum Gasteiger partial charge on any atom is -0.496 e. The average molecular weight is 475 g/mol. The van der Waals surface area contributed by atoms with Crippen molar-refractivity contribution in [2.24, 2.45) is 0 Å². The number of Topliss-reactive ketones (excluding diaryl/α,β-unsaturated/α-hetero) is 1. The number of methoxy groups -OCH3 is 1. The number of alkyl halides is 3. The van der Waals surface area contributed by atoms with E-state index in [0.717, 1.165) is 25.2 Å². The van der Waals surface area contributed by atoms with Gasteiger partial charge in [-0.2, -0.15) is 18.3 Å². The van der Waals surface area contributed by atoms with Crippen LogP contribution in [0.25, 0.3) is 10.9 Å². The van der Waals surface area contributed by atoms with Gasteiger partial charge >= 0.3 is 6.18 Å². The molecule has 4 rings (SSSR count). The number of carbonyl (C=O) groups is 2. The number of nitrogens with zero attached hydrogens (tertiary/aromatic N) is 5. The van der Waals surface area contributed by atoms with Gasteiger partial charge in [-0.15, -0.1) is 0 Å². The first kappa shape index (κ1) is 23.7. The second-order valence-corrected chi connectivity index (χ2v) is 8.24. The molecule has 0 radical (unpaired) electrons. The molecule has 1 aliphatic heterocycles. The third-order valence-corrected chi connectivity index (χ3v) is 5.78. The Morgan fingerprint density at radius 1 is 1.12 bits per heavy atom. The molecule has 0 saturated carbocycles. The zero-order valence-corrected chi connectivity index (χ0v) is 18.8. The summed E-state index contributed by atoms with van der Waals surface area (Å²) < 4.78 is 45.8. The molecule has 8 nitrogen and oxygen atoms in total. The number of ketones is 1. The topological polar surface area (TPSA) is 80.6 Å². The number of fused-ring (bicyclic) bond motifs is 1. The first-order valence-corrected chi connectivity index (χ1v) is 10.7. The summed E-state index contributed by atoms with van der Waals surface area (Å²) >= 11 is 0. The molecule has 1 fully saturated rings. The van der Waals surface area contributed by atoms with Crippen molar-refractivity contribution < 1.29 is 27.5 Å². The number of likely N-dealkylation sites (N-methyl/N-ethyl adjacent to an activating group) is 1. The monoisotopic (exact) mass is 475 g/mol. The fourth-order valence-corrected chi connectivity index (χ4v) is 3.87. The number of aromatic nitrogens is 3. The molecule has 0 aliphatic carbocycles. The van der Waals surface area contributed by atoms with Gasteiger partial charge in [0.25, 0.3) is 0 Å². The first-order chi connectivity index (χ1) is 16.1. The van der Waals surface area contributed by atoms with Gasteiger partial charge in [-0.3, -0.25) is 14.3 Å². The predicted molar refractivity (Wildman–Crippen MR) is 118 cm³/mol. The van der Waals surface area contributed by atoms with Crippen molar-refractivity contribution in [3.8, 4) is 5.75 Å². The molecule has 0 unspecified atom stereocenters. The fourth-order valence-electron chi connectivity index (χ4n) is 3.87. The highest BCUT2D eigenvalue weighted by Gasteiger charge is 2.33. The van der Waals surface area contributed by atoms with E-state index in [1.807, 2.05) is 7.05 Å². The lowest BCUT2D eigenvalue weighted by Crippen LogP contribution is -2.48. The fraction of sp³-hybridized carbons (Fsp3) is 0.391. The summed E-state index contributed by atoms with van der Waals surface area (Å²) in [5, 5.41) is 5.13. The molecule has 0 N–H and O–H groups in total. The van der Waals surface area contributed by atoms with Crippen molar-refractivity contribution in [3.05, 3.63) is 53.5 Å². The van der Waals surface area contributed by atoms with Crippen LogP contribution in [-0.4, -0.2) is 76.6 Å². The van der Waals surface area contributed by atoms with E-state index in [1.54, 1.807) is 27.9 Å².